The summed E-state index contributed by atoms with van der Waals surface area (Å²) in [7, 11) is 0. The predicted molar refractivity (Wildman–Crippen MR) is 48.3 cm³/mol. The smallest absolute Gasteiger partial charge is 0.227 e. The van der Waals surface area contributed by atoms with E-state index in [0.717, 1.165) is 5.82 Å². The van der Waals surface area contributed by atoms with Gasteiger partial charge in [-0.25, -0.2) is 0 Å². The van der Waals surface area contributed by atoms with Crippen LogP contribution in [0.25, 0.3) is 0 Å². The molecule has 0 amide bonds. The lowest BCUT2D eigenvalue weighted by atomic mass is 9.70. The van der Waals surface area contributed by atoms with Crippen LogP contribution in [0.3, 0.4) is 0 Å². The molecule has 1 heterocycles. The van der Waals surface area contributed by atoms with Gasteiger partial charge in [0.2, 0.25) is 5.89 Å². The summed E-state index contributed by atoms with van der Waals surface area (Å²) in [5, 5.41) is 3.99. The molecule has 1 aromatic heterocycles. The van der Waals surface area contributed by atoms with Gasteiger partial charge in [0.15, 0.2) is 5.82 Å². The topological polar surface area (TPSA) is 64.9 Å². The van der Waals surface area contributed by atoms with Gasteiger partial charge in [-0.2, -0.15) is 4.98 Å². The van der Waals surface area contributed by atoms with Crippen LogP contribution in [0.15, 0.2) is 4.52 Å². The van der Waals surface area contributed by atoms with Gasteiger partial charge in [-0.3, -0.25) is 0 Å². The minimum absolute atomic E-state index is 0.177. The van der Waals surface area contributed by atoms with Gasteiger partial charge < -0.3 is 10.3 Å². The van der Waals surface area contributed by atoms with Crippen LogP contribution >= 0.6 is 0 Å². The van der Waals surface area contributed by atoms with E-state index in [1.165, 1.54) is 19.3 Å². The fourth-order valence-corrected chi connectivity index (χ4v) is 1.66. The van der Waals surface area contributed by atoms with E-state index in [4.69, 9.17) is 10.3 Å². The Hall–Kier alpha value is -0.900. The number of hydrogen-bond donors (Lipinski definition) is 1. The number of nitrogens with zero attached hydrogens (tertiary/aromatic N) is 2. The summed E-state index contributed by atoms with van der Waals surface area (Å²) >= 11 is 0. The lowest BCUT2D eigenvalue weighted by Crippen LogP contribution is -2.31. The minimum Gasteiger partial charge on any atom is -0.339 e. The average Bonchev–Trinajstić information content (AvgIpc) is 2.50. The van der Waals surface area contributed by atoms with Crippen molar-refractivity contribution in [2.75, 3.05) is 6.54 Å². The van der Waals surface area contributed by atoms with Crippen molar-refractivity contribution in [1.82, 2.24) is 10.1 Å². The molecular weight excluding hydrogens is 166 g/mol. The van der Waals surface area contributed by atoms with E-state index in [0.29, 0.717) is 18.9 Å². The molecule has 2 rings (SSSR count). The van der Waals surface area contributed by atoms with Crippen LogP contribution in [0.5, 0.6) is 0 Å². The van der Waals surface area contributed by atoms with Crippen molar-refractivity contribution in [1.29, 1.82) is 0 Å². The monoisotopic (exact) mass is 181 g/mol. The molecule has 0 atom stereocenters. The zero-order valence-electron chi connectivity index (χ0n) is 7.92. The summed E-state index contributed by atoms with van der Waals surface area (Å²) in [6.07, 6.45) is 4.31. The van der Waals surface area contributed by atoms with Crippen molar-refractivity contribution < 1.29 is 4.52 Å². The van der Waals surface area contributed by atoms with Crippen LogP contribution < -0.4 is 5.73 Å². The highest BCUT2D eigenvalue weighted by Gasteiger charge is 2.37. The maximum atomic E-state index is 5.40. The molecule has 72 valence electrons. The van der Waals surface area contributed by atoms with Crippen molar-refractivity contribution >= 4 is 0 Å². The maximum absolute atomic E-state index is 5.40. The fraction of sp³-hybridized carbons (Fsp3) is 0.778. The van der Waals surface area contributed by atoms with Gasteiger partial charge in [0, 0.05) is 18.4 Å². The van der Waals surface area contributed by atoms with Gasteiger partial charge in [0.1, 0.15) is 0 Å². The second-order valence-electron chi connectivity index (χ2n) is 3.96. The molecule has 0 saturated heterocycles. The zero-order valence-corrected chi connectivity index (χ0v) is 7.92. The summed E-state index contributed by atoms with van der Waals surface area (Å²) in [5.74, 6) is 1.54. The van der Waals surface area contributed by atoms with E-state index in [2.05, 4.69) is 17.1 Å². The van der Waals surface area contributed by atoms with Crippen molar-refractivity contribution in [3.63, 3.8) is 0 Å². The second kappa shape index (κ2) is 3.10. The molecule has 2 N–H and O–H groups in total. The molecule has 4 heteroatoms. The van der Waals surface area contributed by atoms with E-state index in [1.807, 2.05) is 0 Å². The summed E-state index contributed by atoms with van der Waals surface area (Å²) in [5.41, 5.74) is 5.57. The molecule has 1 aliphatic carbocycles. The third kappa shape index (κ3) is 1.46. The van der Waals surface area contributed by atoms with Crippen LogP contribution in [-0.4, -0.2) is 16.7 Å². The number of rotatable bonds is 3. The average molecular weight is 181 g/mol. The highest BCUT2D eigenvalue weighted by molar-refractivity contribution is 5.09. The van der Waals surface area contributed by atoms with Crippen molar-refractivity contribution in [2.24, 2.45) is 5.73 Å². The summed E-state index contributed by atoms with van der Waals surface area (Å²) in [6.45, 7) is 2.76. The molecule has 13 heavy (non-hydrogen) atoms. The highest BCUT2D eigenvalue weighted by atomic mass is 16.5. The van der Waals surface area contributed by atoms with E-state index in [1.54, 1.807) is 0 Å². The van der Waals surface area contributed by atoms with E-state index >= 15 is 0 Å². The van der Waals surface area contributed by atoms with Gasteiger partial charge in [0.05, 0.1) is 0 Å². The van der Waals surface area contributed by atoms with Gasteiger partial charge in [-0.15, -0.1) is 0 Å². The lowest BCUT2D eigenvalue weighted by molar-refractivity contribution is 0.245. The maximum Gasteiger partial charge on any atom is 0.227 e. The van der Waals surface area contributed by atoms with Crippen LogP contribution in [-0.2, 0) is 11.8 Å². The number of nitrogens with two attached hydrogens (primary N) is 1. The molecule has 1 aliphatic rings. The van der Waals surface area contributed by atoms with Crippen LogP contribution in [0.2, 0.25) is 0 Å². The van der Waals surface area contributed by atoms with Gasteiger partial charge in [-0.05, 0) is 12.8 Å². The first-order chi connectivity index (χ1) is 6.24. The summed E-state index contributed by atoms with van der Waals surface area (Å²) < 4.78 is 5.09. The van der Waals surface area contributed by atoms with Crippen LogP contribution in [0.4, 0.5) is 0 Å². The SMILES string of the molecule is CC1(c2noc(CCN)n2)CCC1. The quantitative estimate of drug-likeness (QED) is 0.755. The Morgan fingerprint density at radius 1 is 1.54 bits per heavy atom. The summed E-state index contributed by atoms with van der Waals surface area (Å²) in [4.78, 5) is 4.34. The van der Waals surface area contributed by atoms with Crippen molar-refractivity contribution in [2.45, 2.75) is 38.0 Å². The Morgan fingerprint density at radius 2 is 2.31 bits per heavy atom. The lowest BCUT2D eigenvalue weighted by Gasteiger charge is -2.34. The van der Waals surface area contributed by atoms with Crippen LogP contribution in [0, 0.1) is 0 Å². The Morgan fingerprint density at radius 3 is 2.85 bits per heavy atom. The summed E-state index contributed by atoms with van der Waals surface area (Å²) in [6, 6.07) is 0. The Bertz CT molecular complexity index is 291. The largest absolute Gasteiger partial charge is 0.339 e. The Labute approximate surface area is 77.5 Å². The molecule has 1 fully saturated rings. The first kappa shape index (κ1) is 8.69. The minimum atomic E-state index is 0.177. The number of aromatic nitrogens is 2. The third-order valence-corrected chi connectivity index (χ3v) is 2.82. The predicted octanol–water partition coefficient (Wildman–Crippen LogP) is 1.01. The second-order valence-corrected chi connectivity index (χ2v) is 3.96. The van der Waals surface area contributed by atoms with Crippen LogP contribution in [0.1, 0.15) is 37.9 Å². The van der Waals surface area contributed by atoms with Gasteiger partial charge in [-0.1, -0.05) is 18.5 Å². The first-order valence-corrected chi connectivity index (χ1v) is 4.78. The van der Waals surface area contributed by atoms with E-state index in [9.17, 15) is 0 Å². The third-order valence-electron chi connectivity index (χ3n) is 2.82. The fourth-order valence-electron chi connectivity index (χ4n) is 1.66. The van der Waals surface area contributed by atoms with Gasteiger partial charge in [0.25, 0.3) is 0 Å². The molecule has 4 nitrogen and oxygen atoms in total. The highest BCUT2D eigenvalue weighted by Crippen LogP contribution is 2.41. The molecule has 0 radical (unpaired) electrons. The van der Waals surface area contributed by atoms with E-state index < -0.39 is 0 Å². The molecule has 0 unspecified atom stereocenters. The van der Waals surface area contributed by atoms with Gasteiger partial charge >= 0.3 is 0 Å². The molecule has 0 aliphatic heterocycles. The van der Waals surface area contributed by atoms with Crippen molar-refractivity contribution in [3.05, 3.63) is 11.7 Å². The standard InChI is InChI=1S/C9H15N3O/c1-9(4-2-5-9)8-11-7(3-6-10)13-12-8/h2-6,10H2,1H3. The molecule has 0 spiro atoms. The first-order valence-electron chi connectivity index (χ1n) is 4.78. The number of hydrogen-bond acceptors (Lipinski definition) is 4. The molecule has 1 aromatic rings. The Balaban J connectivity index is 2.12. The van der Waals surface area contributed by atoms with Crippen molar-refractivity contribution in [3.8, 4) is 0 Å². The molecule has 1 saturated carbocycles. The Kier molecular flexibility index (Phi) is 2.07. The molecule has 0 aromatic carbocycles. The normalized spacial score (nSPS) is 19.8. The molecular formula is C9H15N3O. The zero-order chi connectivity index (χ0) is 9.31. The molecule has 0 bridgehead atoms. The van der Waals surface area contributed by atoms with E-state index in [-0.39, 0.29) is 5.41 Å².